The highest BCUT2D eigenvalue weighted by Crippen LogP contribution is 2.27. The van der Waals surface area contributed by atoms with Crippen molar-refractivity contribution < 1.29 is 19.9 Å². The molecule has 114 valence electrons. The zero-order valence-corrected chi connectivity index (χ0v) is 11.4. The minimum absolute atomic E-state index is 0.00589. The first-order chi connectivity index (χ1) is 9.99. The summed E-state index contributed by atoms with van der Waals surface area (Å²) in [6.45, 7) is 0.331. The highest BCUT2D eigenvalue weighted by molar-refractivity contribution is 5.86. The molecule has 0 amide bonds. The third-order valence-corrected chi connectivity index (χ3v) is 3.69. The number of aliphatic hydroxyl groups excluding tert-OH is 1. The van der Waals surface area contributed by atoms with Crippen LogP contribution in [0, 0.1) is 16.0 Å². The van der Waals surface area contributed by atoms with Gasteiger partial charge in [-0.3, -0.25) is 10.1 Å². The predicted octanol–water partition coefficient (Wildman–Crippen LogP) is 1.65. The van der Waals surface area contributed by atoms with Crippen LogP contribution in [-0.2, 0) is 0 Å². The summed E-state index contributed by atoms with van der Waals surface area (Å²) >= 11 is 0. The number of hydrogen-bond donors (Lipinski definition) is 3. The van der Waals surface area contributed by atoms with Gasteiger partial charge in [0.15, 0.2) is 5.69 Å². The minimum atomic E-state index is -1.24. The SMILES string of the molecule is O=C(O)c1ccc([N+](=O)[O-])c(NCC2CCCCC2O)n1. The molecule has 1 aromatic rings. The quantitative estimate of drug-likeness (QED) is 0.557. The maximum absolute atomic E-state index is 10.9. The van der Waals surface area contributed by atoms with Crippen molar-refractivity contribution in [2.24, 2.45) is 5.92 Å². The van der Waals surface area contributed by atoms with E-state index in [0.29, 0.717) is 6.54 Å². The summed E-state index contributed by atoms with van der Waals surface area (Å²) in [6.07, 6.45) is 3.10. The maximum Gasteiger partial charge on any atom is 0.354 e. The van der Waals surface area contributed by atoms with Gasteiger partial charge in [-0.15, -0.1) is 0 Å². The number of aromatic carboxylic acids is 1. The first kappa shape index (κ1) is 15.2. The van der Waals surface area contributed by atoms with E-state index in [2.05, 4.69) is 10.3 Å². The second kappa shape index (κ2) is 6.49. The average Bonchev–Trinajstić information content (AvgIpc) is 2.46. The summed E-state index contributed by atoms with van der Waals surface area (Å²) in [7, 11) is 0. The number of nitrogens with one attached hydrogen (secondary N) is 1. The number of nitrogens with zero attached hydrogens (tertiary/aromatic N) is 2. The molecular weight excluding hydrogens is 278 g/mol. The Bertz CT molecular complexity index is 549. The number of anilines is 1. The summed E-state index contributed by atoms with van der Waals surface area (Å²) in [6, 6.07) is 2.22. The van der Waals surface area contributed by atoms with Crippen molar-refractivity contribution in [2.45, 2.75) is 31.8 Å². The summed E-state index contributed by atoms with van der Waals surface area (Å²) in [5.41, 5.74) is -0.530. The van der Waals surface area contributed by atoms with Crippen LogP contribution < -0.4 is 5.32 Å². The lowest BCUT2D eigenvalue weighted by atomic mass is 9.86. The van der Waals surface area contributed by atoms with Crippen molar-refractivity contribution in [1.29, 1.82) is 0 Å². The molecule has 0 radical (unpaired) electrons. The van der Waals surface area contributed by atoms with Gasteiger partial charge >= 0.3 is 11.7 Å². The predicted molar refractivity (Wildman–Crippen MR) is 74.3 cm³/mol. The van der Waals surface area contributed by atoms with Gasteiger partial charge in [0.2, 0.25) is 5.82 Å². The van der Waals surface area contributed by atoms with Crippen LogP contribution in [0.15, 0.2) is 12.1 Å². The monoisotopic (exact) mass is 295 g/mol. The van der Waals surface area contributed by atoms with E-state index in [0.717, 1.165) is 37.8 Å². The molecule has 0 aromatic carbocycles. The Balaban J connectivity index is 2.14. The van der Waals surface area contributed by atoms with Crippen LogP contribution in [0.3, 0.4) is 0 Å². The van der Waals surface area contributed by atoms with Gasteiger partial charge < -0.3 is 15.5 Å². The second-order valence-electron chi connectivity index (χ2n) is 5.12. The van der Waals surface area contributed by atoms with Crippen LogP contribution in [0.5, 0.6) is 0 Å². The Morgan fingerprint density at radius 2 is 2.14 bits per heavy atom. The van der Waals surface area contributed by atoms with Crippen LogP contribution in [-0.4, -0.2) is 38.7 Å². The first-order valence-corrected chi connectivity index (χ1v) is 6.79. The Morgan fingerprint density at radius 3 is 2.76 bits per heavy atom. The number of aromatic nitrogens is 1. The van der Waals surface area contributed by atoms with E-state index in [-0.39, 0.29) is 23.1 Å². The van der Waals surface area contributed by atoms with Gasteiger partial charge in [-0.05, 0) is 18.9 Å². The van der Waals surface area contributed by atoms with Crippen molar-refractivity contribution in [2.75, 3.05) is 11.9 Å². The topological polar surface area (TPSA) is 126 Å². The molecule has 0 spiro atoms. The Kier molecular flexibility index (Phi) is 4.69. The molecule has 1 fully saturated rings. The lowest BCUT2D eigenvalue weighted by molar-refractivity contribution is -0.384. The van der Waals surface area contributed by atoms with Crippen LogP contribution in [0.2, 0.25) is 0 Å². The fraction of sp³-hybridized carbons (Fsp3) is 0.538. The number of aliphatic hydroxyl groups is 1. The zero-order chi connectivity index (χ0) is 15.4. The Morgan fingerprint density at radius 1 is 1.43 bits per heavy atom. The second-order valence-corrected chi connectivity index (χ2v) is 5.12. The fourth-order valence-corrected chi connectivity index (χ4v) is 2.50. The molecule has 2 atom stereocenters. The number of carbonyl (C=O) groups is 1. The van der Waals surface area contributed by atoms with Gasteiger partial charge in [0.25, 0.3) is 0 Å². The van der Waals surface area contributed by atoms with E-state index in [9.17, 15) is 20.0 Å². The largest absolute Gasteiger partial charge is 0.477 e. The molecule has 0 saturated heterocycles. The first-order valence-electron chi connectivity index (χ1n) is 6.79. The van der Waals surface area contributed by atoms with E-state index in [1.165, 1.54) is 0 Å². The smallest absolute Gasteiger partial charge is 0.354 e. The lowest BCUT2D eigenvalue weighted by Crippen LogP contribution is -2.30. The third kappa shape index (κ3) is 3.66. The molecule has 0 aliphatic heterocycles. The van der Waals surface area contributed by atoms with Gasteiger partial charge in [-0.25, -0.2) is 9.78 Å². The molecule has 1 aliphatic carbocycles. The average molecular weight is 295 g/mol. The van der Waals surface area contributed by atoms with Gasteiger partial charge in [0, 0.05) is 18.5 Å². The molecule has 3 N–H and O–H groups in total. The summed E-state index contributed by atoms with van der Waals surface area (Å²) < 4.78 is 0. The van der Waals surface area contributed by atoms with Gasteiger partial charge in [0.05, 0.1) is 11.0 Å². The van der Waals surface area contributed by atoms with Crippen LogP contribution in [0.4, 0.5) is 11.5 Å². The van der Waals surface area contributed by atoms with Crippen molar-refractivity contribution in [3.63, 3.8) is 0 Å². The van der Waals surface area contributed by atoms with E-state index >= 15 is 0 Å². The molecule has 8 nitrogen and oxygen atoms in total. The van der Waals surface area contributed by atoms with E-state index in [1.54, 1.807) is 0 Å². The Hall–Kier alpha value is -2.22. The number of carboxylic acids is 1. The highest BCUT2D eigenvalue weighted by atomic mass is 16.6. The van der Waals surface area contributed by atoms with Crippen molar-refractivity contribution >= 4 is 17.5 Å². The minimum Gasteiger partial charge on any atom is -0.477 e. The standard InChI is InChI=1S/C13H17N3O5/c17-11-4-2-1-3-8(11)7-14-12-10(16(20)21)6-5-9(15-12)13(18)19/h5-6,8,11,17H,1-4,7H2,(H,14,15)(H,18,19). The maximum atomic E-state index is 10.9. The molecule has 1 aliphatic rings. The molecular formula is C13H17N3O5. The number of pyridine rings is 1. The van der Waals surface area contributed by atoms with E-state index < -0.39 is 17.0 Å². The van der Waals surface area contributed by atoms with Gasteiger partial charge in [-0.2, -0.15) is 0 Å². The Labute approximate surface area is 121 Å². The van der Waals surface area contributed by atoms with E-state index in [4.69, 9.17) is 5.11 Å². The molecule has 1 saturated carbocycles. The third-order valence-electron chi connectivity index (χ3n) is 3.69. The molecule has 1 heterocycles. The zero-order valence-electron chi connectivity index (χ0n) is 11.4. The van der Waals surface area contributed by atoms with Crippen LogP contribution in [0.25, 0.3) is 0 Å². The summed E-state index contributed by atoms with van der Waals surface area (Å²) in [5.74, 6) is -1.32. The van der Waals surface area contributed by atoms with Crippen LogP contribution in [0.1, 0.15) is 36.2 Å². The number of rotatable bonds is 5. The van der Waals surface area contributed by atoms with E-state index in [1.807, 2.05) is 0 Å². The molecule has 0 bridgehead atoms. The van der Waals surface area contributed by atoms with Crippen LogP contribution >= 0.6 is 0 Å². The van der Waals surface area contributed by atoms with Crippen molar-refractivity contribution in [3.05, 3.63) is 27.9 Å². The van der Waals surface area contributed by atoms with Crippen molar-refractivity contribution in [1.82, 2.24) is 4.98 Å². The molecule has 8 heteroatoms. The lowest BCUT2D eigenvalue weighted by Gasteiger charge is -2.27. The van der Waals surface area contributed by atoms with Gasteiger partial charge in [0.1, 0.15) is 0 Å². The summed E-state index contributed by atoms with van der Waals surface area (Å²) in [5, 5.41) is 32.5. The molecule has 1 aromatic heterocycles. The molecule has 21 heavy (non-hydrogen) atoms. The number of nitro groups is 1. The molecule has 2 unspecified atom stereocenters. The molecule has 2 rings (SSSR count). The highest BCUT2D eigenvalue weighted by Gasteiger charge is 2.25. The van der Waals surface area contributed by atoms with Crippen molar-refractivity contribution in [3.8, 4) is 0 Å². The number of carboxylic acid groups (broad SMARTS) is 1. The normalized spacial score (nSPS) is 21.8. The fourth-order valence-electron chi connectivity index (χ4n) is 2.50. The van der Waals surface area contributed by atoms with Gasteiger partial charge in [-0.1, -0.05) is 12.8 Å². The summed E-state index contributed by atoms with van der Waals surface area (Å²) in [4.78, 5) is 25.0. The number of hydrogen-bond acceptors (Lipinski definition) is 6.